The van der Waals surface area contributed by atoms with Gasteiger partial charge < -0.3 is 25.2 Å². The molecule has 2 heterocycles. The molecule has 0 bridgehead atoms. The van der Waals surface area contributed by atoms with Crippen molar-refractivity contribution in [2.45, 2.75) is 51.4 Å². The second kappa shape index (κ2) is 9.67. The van der Waals surface area contributed by atoms with Gasteiger partial charge >= 0.3 is 6.18 Å². The average Bonchev–Trinajstić information content (AvgIpc) is 3.29. The maximum atomic E-state index is 13.6. The van der Waals surface area contributed by atoms with Gasteiger partial charge in [-0.1, -0.05) is 13.8 Å². The fourth-order valence-electron chi connectivity index (χ4n) is 3.43. The van der Waals surface area contributed by atoms with Crippen molar-refractivity contribution in [2.24, 2.45) is 18.0 Å². The van der Waals surface area contributed by atoms with Crippen LogP contribution in [-0.4, -0.2) is 69.8 Å². The summed E-state index contributed by atoms with van der Waals surface area (Å²) in [7, 11) is 1.40. The van der Waals surface area contributed by atoms with Gasteiger partial charge in [0.05, 0.1) is 0 Å². The number of hydrogen-bond donors (Lipinski definition) is 3. The molecule has 1 saturated heterocycles. The van der Waals surface area contributed by atoms with Crippen molar-refractivity contribution in [1.82, 2.24) is 25.1 Å². The number of alkyl halides is 3. The predicted molar refractivity (Wildman–Crippen MR) is 107 cm³/mol. The van der Waals surface area contributed by atoms with E-state index in [4.69, 9.17) is 0 Å². The van der Waals surface area contributed by atoms with Gasteiger partial charge in [0, 0.05) is 64.0 Å². The Morgan fingerprint density at radius 2 is 2.13 bits per heavy atom. The lowest BCUT2D eigenvalue weighted by molar-refractivity contribution is -0.272. The first-order valence-electron chi connectivity index (χ1n) is 10.1. The van der Waals surface area contributed by atoms with Gasteiger partial charge in [-0.25, -0.2) is 4.98 Å². The number of aliphatic imine (C=N–C) groups is 1. The third-order valence-corrected chi connectivity index (χ3v) is 5.08. The van der Waals surface area contributed by atoms with E-state index >= 15 is 0 Å². The Balaban J connectivity index is 2.05. The van der Waals surface area contributed by atoms with Crippen molar-refractivity contribution >= 4 is 11.9 Å². The minimum absolute atomic E-state index is 0.0402. The molecule has 11 heteroatoms. The zero-order valence-corrected chi connectivity index (χ0v) is 17.8. The van der Waals surface area contributed by atoms with Crippen LogP contribution in [0.2, 0.25) is 0 Å². The number of hydrogen-bond acceptors (Lipinski definition) is 4. The fraction of sp³-hybridized carbons (Fsp3) is 0.737. The van der Waals surface area contributed by atoms with Gasteiger partial charge in [-0.2, -0.15) is 13.2 Å². The highest BCUT2D eigenvalue weighted by molar-refractivity contribution is 5.81. The summed E-state index contributed by atoms with van der Waals surface area (Å²) >= 11 is 0. The highest BCUT2D eigenvalue weighted by Crippen LogP contribution is 2.40. The number of amides is 1. The summed E-state index contributed by atoms with van der Waals surface area (Å²) in [5, 5.41) is 16.6. The molecule has 1 aliphatic heterocycles. The molecule has 3 N–H and O–H groups in total. The van der Waals surface area contributed by atoms with Gasteiger partial charge in [0.2, 0.25) is 11.5 Å². The van der Waals surface area contributed by atoms with Gasteiger partial charge in [-0.15, -0.1) is 0 Å². The summed E-state index contributed by atoms with van der Waals surface area (Å²) in [5.41, 5.74) is -3.10. The number of imidazole rings is 1. The normalized spacial score (nSPS) is 19.8. The molecule has 0 radical (unpaired) electrons. The molecule has 30 heavy (non-hydrogen) atoms. The molecule has 0 spiro atoms. The Hall–Kier alpha value is -2.30. The Labute approximate surface area is 174 Å². The second-order valence-electron chi connectivity index (χ2n) is 7.80. The third-order valence-electron chi connectivity index (χ3n) is 5.08. The highest BCUT2D eigenvalue weighted by Gasteiger charge is 2.57. The van der Waals surface area contributed by atoms with E-state index < -0.39 is 24.0 Å². The topological polar surface area (TPSA) is 94.8 Å². The van der Waals surface area contributed by atoms with E-state index in [0.717, 1.165) is 11.0 Å². The number of likely N-dealkylation sites (tertiary alicyclic amines) is 1. The first kappa shape index (κ1) is 24.0. The van der Waals surface area contributed by atoms with Crippen molar-refractivity contribution in [2.75, 3.05) is 26.2 Å². The van der Waals surface area contributed by atoms with Crippen LogP contribution in [0, 0.1) is 5.92 Å². The van der Waals surface area contributed by atoms with Gasteiger partial charge in [0.15, 0.2) is 5.96 Å². The molecular formula is C19H31F3N6O2. The van der Waals surface area contributed by atoms with Crippen LogP contribution in [0.3, 0.4) is 0 Å². The molecule has 8 nitrogen and oxygen atoms in total. The first-order chi connectivity index (χ1) is 14.0. The van der Waals surface area contributed by atoms with Crippen LogP contribution < -0.4 is 10.6 Å². The number of carbonyl (C=O) groups is 1. The molecule has 1 aromatic heterocycles. The van der Waals surface area contributed by atoms with Crippen LogP contribution in [0.15, 0.2) is 17.4 Å². The molecule has 2 atom stereocenters. The minimum atomic E-state index is -4.89. The predicted octanol–water partition coefficient (Wildman–Crippen LogP) is 1.37. The number of aryl methyl sites for hydroxylation is 1. The van der Waals surface area contributed by atoms with E-state index in [1.807, 2.05) is 20.8 Å². The zero-order chi connectivity index (χ0) is 22.5. The van der Waals surface area contributed by atoms with Crippen LogP contribution in [0.25, 0.3) is 0 Å². The molecule has 1 aliphatic rings. The van der Waals surface area contributed by atoms with Crippen molar-refractivity contribution < 1.29 is 23.1 Å². The maximum Gasteiger partial charge on any atom is 0.424 e. The van der Waals surface area contributed by atoms with Crippen LogP contribution in [0.4, 0.5) is 13.2 Å². The van der Waals surface area contributed by atoms with Crippen molar-refractivity contribution in [1.29, 1.82) is 0 Å². The monoisotopic (exact) mass is 432 g/mol. The van der Waals surface area contributed by atoms with E-state index in [0.29, 0.717) is 25.6 Å². The summed E-state index contributed by atoms with van der Waals surface area (Å²) < 4.78 is 42.0. The SMILES string of the molecule is CCNC(=NCCC(O)(c1nccn1C)C(F)(F)F)NC1CCN(C(=O)C(C)C)C1. The molecule has 0 saturated carbocycles. The van der Waals surface area contributed by atoms with Gasteiger partial charge in [0.25, 0.3) is 0 Å². The smallest absolute Gasteiger partial charge is 0.374 e. The average molecular weight is 432 g/mol. The van der Waals surface area contributed by atoms with E-state index in [1.54, 1.807) is 4.90 Å². The van der Waals surface area contributed by atoms with E-state index in [-0.39, 0.29) is 24.4 Å². The number of nitrogens with zero attached hydrogens (tertiary/aromatic N) is 4. The molecule has 2 rings (SSSR count). The first-order valence-corrected chi connectivity index (χ1v) is 10.1. The number of carbonyl (C=O) groups excluding carboxylic acids is 1. The van der Waals surface area contributed by atoms with Crippen LogP contribution in [0.5, 0.6) is 0 Å². The Bertz CT molecular complexity index is 749. The van der Waals surface area contributed by atoms with Crippen molar-refractivity contribution in [3.05, 3.63) is 18.2 Å². The molecule has 2 unspecified atom stereocenters. The van der Waals surface area contributed by atoms with E-state index in [2.05, 4.69) is 20.6 Å². The lowest BCUT2D eigenvalue weighted by atomic mass is 9.98. The summed E-state index contributed by atoms with van der Waals surface area (Å²) in [6, 6.07) is -0.0402. The Morgan fingerprint density at radius 1 is 1.43 bits per heavy atom. The lowest BCUT2D eigenvalue weighted by Gasteiger charge is -2.29. The number of halogens is 3. The summed E-state index contributed by atoms with van der Waals surface area (Å²) in [4.78, 5) is 21.8. The number of aliphatic hydroxyl groups is 1. The molecule has 1 fully saturated rings. The molecule has 0 aromatic carbocycles. The van der Waals surface area contributed by atoms with E-state index in [1.165, 1.54) is 19.4 Å². The summed E-state index contributed by atoms with van der Waals surface area (Å²) in [5.74, 6) is -0.129. The molecule has 1 amide bonds. The van der Waals surface area contributed by atoms with Gasteiger partial charge in [-0.05, 0) is 13.3 Å². The number of nitrogens with one attached hydrogen (secondary N) is 2. The van der Waals surface area contributed by atoms with Crippen molar-refractivity contribution in [3.63, 3.8) is 0 Å². The summed E-state index contributed by atoms with van der Waals surface area (Å²) in [6.07, 6.45) is -2.27. The summed E-state index contributed by atoms with van der Waals surface area (Å²) in [6.45, 7) is 6.94. The van der Waals surface area contributed by atoms with Gasteiger partial charge in [0.1, 0.15) is 5.82 Å². The quantitative estimate of drug-likeness (QED) is 0.447. The highest BCUT2D eigenvalue weighted by atomic mass is 19.4. The molecule has 1 aromatic rings. The third kappa shape index (κ3) is 5.44. The van der Waals surface area contributed by atoms with Crippen LogP contribution in [0.1, 0.15) is 39.4 Å². The van der Waals surface area contributed by atoms with Gasteiger partial charge in [-0.3, -0.25) is 9.79 Å². The number of guanidine groups is 1. The zero-order valence-electron chi connectivity index (χ0n) is 17.8. The van der Waals surface area contributed by atoms with E-state index in [9.17, 15) is 23.1 Å². The fourth-order valence-corrected chi connectivity index (χ4v) is 3.43. The minimum Gasteiger partial charge on any atom is -0.374 e. The molecule has 0 aliphatic carbocycles. The van der Waals surface area contributed by atoms with Crippen LogP contribution >= 0.6 is 0 Å². The standard InChI is InChI=1S/C19H31F3N6O2/c1-5-23-17(26-14-6-10-28(12-14)15(29)13(2)3)25-8-7-18(30,19(20,21)22)16-24-9-11-27(16)4/h9,11,13-14,30H,5-8,10,12H2,1-4H3,(H2,23,25,26). The Morgan fingerprint density at radius 3 is 2.67 bits per heavy atom. The van der Waals surface area contributed by atoms with Crippen LogP contribution in [-0.2, 0) is 17.4 Å². The lowest BCUT2D eigenvalue weighted by Crippen LogP contribution is -2.46. The van der Waals surface area contributed by atoms with Crippen molar-refractivity contribution in [3.8, 4) is 0 Å². The number of rotatable bonds is 7. The maximum absolute atomic E-state index is 13.6. The Kier molecular flexibility index (Phi) is 7.73. The largest absolute Gasteiger partial charge is 0.424 e. The molecular weight excluding hydrogens is 401 g/mol. The number of aromatic nitrogens is 2. The second-order valence-corrected chi connectivity index (χ2v) is 7.80. The molecule has 170 valence electrons.